The maximum absolute atomic E-state index is 9.34. The number of nitrogens with zero attached hydrogens (tertiary/aromatic N) is 3. The molecule has 0 N–H and O–H groups in total. The molecule has 0 spiro atoms. The first kappa shape index (κ1) is 15.4. The fourth-order valence-corrected chi connectivity index (χ4v) is 3.53. The van der Waals surface area contributed by atoms with Gasteiger partial charge in [-0.05, 0) is 37.3 Å². The normalized spacial score (nSPS) is 11.3. The summed E-state index contributed by atoms with van der Waals surface area (Å²) in [4.78, 5) is 8.93. The Hall–Kier alpha value is -2.49. The molecule has 2 aromatic heterocycles. The average molecular weight is 339 g/mol. The summed E-state index contributed by atoms with van der Waals surface area (Å²) in [7, 11) is 1.64. The summed E-state index contributed by atoms with van der Waals surface area (Å²) in [6.45, 7) is 1.92. The van der Waals surface area contributed by atoms with Gasteiger partial charge in [-0.1, -0.05) is 0 Å². The van der Waals surface area contributed by atoms with E-state index in [9.17, 15) is 5.26 Å². The topological polar surface area (TPSA) is 58.8 Å². The molecule has 0 aliphatic heterocycles. The lowest BCUT2D eigenvalue weighted by atomic mass is 10.2. The predicted molar refractivity (Wildman–Crippen MR) is 94.4 cm³/mol. The number of aromatic nitrogens is 2. The molecule has 114 valence electrons. The highest BCUT2D eigenvalue weighted by molar-refractivity contribution is 7.13. The van der Waals surface area contributed by atoms with Crippen LogP contribution in [0.4, 0.5) is 0 Å². The van der Waals surface area contributed by atoms with E-state index in [1.165, 1.54) is 11.3 Å². The van der Waals surface area contributed by atoms with E-state index in [0.717, 1.165) is 32.7 Å². The van der Waals surface area contributed by atoms with E-state index in [4.69, 9.17) is 4.74 Å². The third-order valence-corrected chi connectivity index (χ3v) is 5.02. The summed E-state index contributed by atoms with van der Waals surface area (Å²) < 4.78 is 5.16. The van der Waals surface area contributed by atoms with E-state index in [1.54, 1.807) is 24.5 Å². The molecule has 3 rings (SSSR count). The van der Waals surface area contributed by atoms with Gasteiger partial charge in [-0.25, -0.2) is 9.97 Å². The maximum Gasteiger partial charge on any atom is 0.134 e. The van der Waals surface area contributed by atoms with Crippen LogP contribution in [0.25, 0.3) is 22.2 Å². The Bertz CT molecular complexity index is 885. The fraction of sp³-hybridized carbons (Fsp3) is 0.118. The molecule has 1 aromatic carbocycles. The quantitative estimate of drug-likeness (QED) is 0.649. The van der Waals surface area contributed by atoms with Crippen LogP contribution in [-0.4, -0.2) is 17.1 Å². The Labute approximate surface area is 142 Å². The van der Waals surface area contributed by atoms with Gasteiger partial charge in [-0.3, -0.25) is 0 Å². The van der Waals surface area contributed by atoms with Crippen molar-refractivity contribution in [2.24, 2.45) is 0 Å². The molecule has 0 aliphatic rings. The molecule has 23 heavy (non-hydrogen) atoms. The van der Waals surface area contributed by atoms with Gasteiger partial charge in [0.2, 0.25) is 0 Å². The van der Waals surface area contributed by atoms with Crippen LogP contribution in [0.1, 0.15) is 16.4 Å². The minimum Gasteiger partial charge on any atom is -0.497 e. The predicted octanol–water partition coefficient (Wildman–Crippen LogP) is 4.65. The average Bonchev–Trinajstić information content (AvgIpc) is 3.22. The molecule has 2 heterocycles. The number of aryl methyl sites for hydroxylation is 1. The van der Waals surface area contributed by atoms with Crippen LogP contribution in [0.3, 0.4) is 0 Å². The second-order valence-corrected chi connectivity index (χ2v) is 6.49. The molecular weight excluding hydrogens is 326 g/mol. The van der Waals surface area contributed by atoms with Crippen LogP contribution < -0.4 is 4.74 Å². The van der Waals surface area contributed by atoms with Crippen LogP contribution in [-0.2, 0) is 0 Å². The zero-order valence-corrected chi connectivity index (χ0v) is 14.2. The van der Waals surface area contributed by atoms with Gasteiger partial charge in [0.15, 0.2) is 0 Å². The Morgan fingerprint density at radius 1 is 1.17 bits per heavy atom. The SMILES string of the molecule is COc1ccc(-c2nc(/C=C(\C#N)c3nc(C)cs3)cs2)cc1. The summed E-state index contributed by atoms with van der Waals surface area (Å²) >= 11 is 3.01. The summed E-state index contributed by atoms with van der Waals surface area (Å²) in [6, 6.07) is 9.96. The number of methoxy groups -OCH3 is 1. The largest absolute Gasteiger partial charge is 0.497 e. The molecule has 0 unspecified atom stereocenters. The van der Waals surface area contributed by atoms with Gasteiger partial charge in [-0.15, -0.1) is 22.7 Å². The molecule has 0 saturated heterocycles. The highest BCUT2D eigenvalue weighted by Crippen LogP contribution is 2.28. The van der Waals surface area contributed by atoms with Crippen molar-refractivity contribution in [2.75, 3.05) is 7.11 Å². The van der Waals surface area contributed by atoms with Gasteiger partial charge in [0, 0.05) is 22.0 Å². The third kappa shape index (κ3) is 3.47. The van der Waals surface area contributed by atoms with E-state index in [1.807, 2.05) is 41.9 Å². The van der Waals surface area contributed by atoms with Crippen LogP contribution >= 0.6 is 22.7 Å². The van der Waals surface area contributed by atoms with Crippen LogP contribution in [0.15, 0.2) is 35.0 Å². The Balaban J connectivity index is 1.88. The maximum atomic E-state index is 9.34. The molecule has 0 aliphatic carbocycles. The van der Waals surface area contributed by atoms with Crippen molar-refractivity contribution in [3.8, 4) is 22.4 Å². The Morgan fingerprint density at radius 2 is 1.96 bits per heavy atom. The van der Waals surface area contributed by atoms with Crippen molar-refractivity contribution in [3.05, 3.63) is 51.4 Å². The van der Waals surface area contributed by atoms with E-state index in [2.05, 4.69) is 16.0 Å². The number of rotatable bonds is 4. The minimum atomic E-state index is 0.537. The van der Waals surface area contributed by atoms with Crippen LogP contribution in [0, 0.1) is 18.3 Å². The van der Waals surface area contributed by atoms with Crippen molar-refractivity contribution >= 4 is 34.3 Å². The number of benzene rings is 1. The van der Waals surface area contributed by atoms with E-state index in [-0.39, 0.29) is 0 Å². The first-order valence-corrected chi connectivity index (χ1v) is 8.60. The molecule has 0 radical (unpaired) electrons. The highest BCUT2D eigenvalue weighted by atomic mass is 32.1. The number of hydrogen-bond donors (Lipinski definition) is 0. The summed E-state index contributed by atoms with van der Waals surface area (Å²) in [5.74, 6) is 0.816. The first-order valence-electron chi connectivity index (χ1n) is 6.84. The Morgan fingerprint density at radius 3 is 2.57 bits per heavy atom. The van der Waals surface area contributed by atoms with Gasteiger partial charge in [0.05, 0.1) is 18.4 Å². The van der Waals surface area contributed by atoms with Crippen molar-refractivity contribution in [2.45, 2.75) is 6.92 Å². The zero-order chi connectivity index (χ0) is 16.2. The van der Waals surface area contributed by atoms with Crippen molar-refractivity contribution < 1.29 is 4.74 Å². The van der Waals surface area contributed by atoms with Gasteiger partial charge < -0.3 is 4.74 Å². The van der Waals surface area contributed by atoms with E-state index >= 15 is 0 Å². The lowest BCUT2D eigenvalue weighted by Crippen LogP contribution is -1.83. The summed E-state index contributed by atoms with van der Waals surface area (Å²) in [6.07, 6.45) is 1.78. The lowest BCUT2D eigenvalue weighted by molar-refractivity contribution is 0.415. The molecule has 6 heteroatoms. The van der Waals surface area contributed by atoms with Crippen LogP contribution in [0.5, 0.6) is 5.75 Å². The third-order valence-electron chi connectivity index (χ3n) is 3.12. The number of allylic oxidation sites excluding steroid dienone is 1. The molecule has 3 aromatic rings. The van der Waals surface area contributed by atoms with Gasteiger partial charge in [0.1, 0.15) is 21.8 Å². The molecule has 4 nitrogen and oxygen atoms in total. The Kier molecular flexibility index (Phi) is 4.51. The van der Waals surface area contributed by atoms with Crippen molar-refractivity contribution in [1.82, 2.24) is 9.97 Å². The van der Waals surface area contributed by atoms with Crippen LogP contribution in [0.2, 0.25) is 0 Å². The molecule has 0 saturated carbocycles. The van der Waals surface area contributed by atoms with Crippen molar-refractivity contribution in [3.63, 3.8) is 0 Å². The monoisotopic (exact) mass is 339 g/mol. The van der Waals surface area contributed by atoms with Crippen molar-refractivity contribution in [1.29, 1.82) is 5.26 Å². The first-order chi connectivity index (χ1) is 11.2. The standard InChI is InChI=1S/C17H13N3OS2/c1-11-9-22-17(19-11)13(8-18)7-14-10-23-16(20-14)12-3-5-15(21-2)6-4-12/h3-7,9-10H,1-2H3/b13-7+. The zero-order valence-electron chi connectivity index (χ0n) is 12.6. The summed E-state index contributed by atoms with van der Waals surface area (Å²) in [5.41, 5.74) is 3.25. The molecular formula is C17H13N3OS2. The lowest BCUT2D eigenvalue weighted by Gasteiger charge is -2.00. The van der Waals surface area contributed by atoms with Gasteiger partial charge in [-0.2, -0.15) is 5.26 Å². The van der Waals surface area contributed by atoms with Gasteiger partial charge >= 0.3 is 0 Å². The van der Waals surface area contributed by atoms with E-state index < -0.39 is 0 Å². The molecule has 0 atom stereocenters. The smallest absolute Gasteiger partial charge is 0.134 e. The second kappa shape index (κ2) is 6.73. The fourth-order valence-electron chi connectivity index (χ4n) is 1.99. The van der Waals surface area contributed by atoms with Gasteiger partial charge in [0.25, 0.3) is 0 Å². The number of nitriles is 1. The molecule has 0 bridgehead atoms. The number of thiazole rings is 2. The molecule has 0 amide bonds. The summed E-state index contributed by atoms with van der Waals surface area (Å²) in [5, 5.41) is 14.9. The number of hydrogen-bond acceptors (Lipinski definition) is 6. The highest BCUT2D eigenvalue weighted by Gasteiger charge is 2.08. The number of ether oxygens (including phenoxy) is 1. The molecule has 0 fully saturated rings. The van der Waals surface area contributed by atoms with E-state index in [0.29, 0.717) is 5.57 Å². The minimum absolute atomic E-state index is 0.537. The second-order valence-electron chi connectivity index (χ2n) is 4.77.